The quantitative estimate of drug-likeness (QED) is 0.212. The molecular weight excluding hydrogens is 467 g/mol. The fourth-order valence-electron chi connectivity index (χ4n) is 3.92. The van der Waals surface area contributed by atoms with Crippen LogP contribution in [-0.2, 0) is 0 Å². The molecule has 1 aliphatic heterocycles. The highest BCUT2D eigenvalue weighted by Gasteiger charge is 2.34. The number of carbonyl (C=O) groups is 2. The van der Waals surface area contributed by atoms with Gasteiger partial charge in [-0.05, 0) is 61.5 Å². The van der Waals surface area contributed by atoms with E-state index in [1.807, 2.05) is 25.1 Å². The average molecular weight is 491 g/mol. The van der Waals surface area contributed by atoms with E-state index < -0.39 is 0 Å². The highest BCUT2D eigenvalue weighted by atomic mass is 32.2. The Kier molecular flexibility index (Phi) is 6.52. The van der Waals surface area contributed by atoms with Crippen molar-refractivity contribution in [3.8, 4) is 11.4 Å². The van der Waals surface area contributed by atoms with Gasteiger partial charge in [0.15, 0.2) is 0 Å². The molecule has 0 aliphatic carbocycles. The van der Waals surface area contributed by atoms with Gasteiger partial charge >= 0.3 is 0 Å². The Morgan fingerprint density at radius 2 is 1.74 bits per heavy atom. The zero-order valence-electron chi connectivity index (χ0n) is 19.0. The number of imide groups is 1. The monoisotopic (exact) mass is 490 g/mol. The Morgan fingerprint density at radius 3 is 2.46 bits per heavy atom. The van der Waals surface area contributed by atoms with E-state index in [0.29, 0.717) is 30.0 Å². The Balaban J connectivity index is 1.10. The maximum absolute atomic E-state index is 13.2. The summed E-state index contributed by atoms with van der Waals surface area (Å²) >= 11 is 1.45. The standard InChI is InChI=1S/C26H23FN4O3S/c1-17(29-35-13-12-30-25(32)22-4-2-3-5-23(22)26(30)33)16-34-21-10-11-24-18(14-21)15-28-31(24)20-8-6-19(27)7-9-20/h2-11,14-15,17,29H,12-13,16H2,1H3. The molecule has 178 valence electrons. The van der Waals surface area contributed by atoms with Gasteiger partial charge in [0.2, 0.25) is 0 Å². The Bertz CT molecular complexity index is 1350. The van der Waals surface area contributed by atoms with Gasteiger partial charge in [-0.15, -0.1) is 0 Å². The van der Waals surface area contributed by atoms with Gasteiger partial charge in [-0.3, -0.25) is 19.2 Å². The number of ether oxygens (including phenoxy) is 1. The van der Waals surface area contributed by atoms with Crippen LogP contribution in [0.25, 0.3) is 16.6 Å². The van der Waals surface area contributed by atoms with E-state index in [-0.39, 0.29) is 23.7 Å². The second-order valence-corrected chi connectivity index (χ2v) is 9.17. The molecule has 3 aromatic carbocycles. The van der Waals surface area contributed by atoms with Crippen molar-refractivity contribution in [1.82, 2.24) is 19.4 Å². The summed E-state index contributed by atoms with van der Waals surface area (Å²) in [6, 6.07) is 18.9. The molecule has 35 heavy (non-hydrogen) atoms. The van der Waals surface area contributed by atoms with Gasteiger partial charge in [-0.1, -0.05) is 24.1 Å². The van der Waals surface area contributed by atoms with Crippen molar-refractivity contribution in [3.63, 3.8) is 0 Å². The van der Waals surface area contributed by atoms with Gasteiger partial charge in [0.05, 0.1) is 28.5 Å². The highest BCUT2D eigenvalue weighted by molar-refractivity contribution is 7.97. The molecule has 9 heteroatoms. The smallest absolute Gasteiger partial charge is 0.261 e. The predicted octanol–water partition coefficient (Wildman–Crippen LogP) is 4.47. The van der Waals surface area contributed by atoms with Gasteiger partial charge in [0.25, 0.3) is 11.8 Å². The van der Waals surface area contributed by atoms with Crippen LogP contribution >= 0.6 is 11.9 Å². The molecule has 0 radical (unpaired) electrons. The zero-order valence-corrected chi connectivity index (χ0v) is 19.8. The largest absolute Gasteiger partial charge is 0.492 e. The van der Waals surface area contributed by atoms with Crippen LogP contribution in [0.2, 0.25) is 0 Å². The number of nitrogens with zero attached hydrogens (tertiary/aromatic N) is 3. The molecule has 2 amide bonds. The van der Waals surface area contributed by atoms with Crippen LogP contribution in [0.1, 0.15) is 27.6 Å². The molecule has 0 bridgehead atoms. The summed E-state index contributed by atoms with van der Waals surface area (Å²) in [7, 11) is 0. The fourth-order valence-corrected chi connectivity index (χ4v) is 4.67. The van der Waals surface area contributed by atoms with Crippen molar-refractivity contribution < 1.29 is 18.7 Å². The number of hydrogen-bond acceptors (Lipinski definition) is 6. The van der Waals surface area contributed by atoms with Crippen molar-refractivity contribution in [2.75, 3.05) is 18.9 Å². The molecule has 1 N–H and O–H groups in total. The number of halogens is 1. The predicted molar refractivity (Wildman–Crippen MR) is 133 cm³/mol. The molecule has 2 heterocycles. The molecule has 1 unspecified atom stereocenters. The van der Waals surface area contributed by atoms with Crippen LogP contribution in [0.15, 0.2) is 72.9 Å². The molecule has 7 nitrogen and oxygen atoms in total. The third-order valence-electron chi connectivity index (χ3n) is 5.69. The molecule has 4 aromatic rings. The summed E-state index contributed by atoms with van der Waals surface area (Å²) in [6.45, 7) is 2.78. The number of aromatic nitrogens is 2. The minimum Gasteiger partial charge on any atom is -0.492 e. The van der Waals surface area contributed by atoms with E-state index in [2.05, 4.69) is 9.82 Å². The summed E-state index contributed by atoms with van der Waals surface area (Å²) < 4.78 is 24.2. The summed E-state index contributed by atoms with van der Waals surface area (Å²) in [5.74, 6) is 0.539. The van der Waals surface area contributed by atoms with Crippen LogP contribution in [-0.4, -0.2) is 51.4 Å². The van der Waals surface area contributed by atoms with Gasteiger partial charge in [0, 0.05) is 23.7 Å². The first kappa shape index (κ1) is 23.1. The second-order valence-electron chi connectivity index (χ2n) is 8.24. The number of benzene rings is 3. The molecule has 5 rings (SSSR count). The Labute approximate surface area is 206 Å². The molecule has 1 atom stereocenters. The lowest BCUT2D eigenvalue weighted by atomic mass is 10.1. The first-order chi connectivity index (χ1) is 17.0. The maximum atomic E-state index is 13.2. The number of rotatable bonds is 9. The minimum atomic E-state index is -0.287. The van der Waals surface area contributed by atoms with E-state index in [0.717, 1.165) is 22.3 Å². The first-order valence-electron chi connectivity index (χ1n) is 11.2. The third-order valence-corrected chi connectivity index (χ3v) is 6.65. The van der Waals surface area contributed by atoms with Crippen LogP contribution in [0.5, 0.6) is 5.75 Å². The van der Waals surface area contributed by atoms with Crippen LogP contribution < -0.4 is 9.46 Å². The maximum Gasteiger partial charge on any atom is 0.261 e. The summed E-state index contributed by atoms with van der Waals surface area (Å²) in [4.78, 5) is 26.1. The van der Waals surface area contributed by atoms with E-state index in [1.165, 1.54) is 29.0 Å². The second kappa shape index (κ2) is 9.89. The van der Waals surface area contributed by atoms with E-state index in [1.54, 1.807) is 47.3 Å². The number of fused-ring (bicyclic) bond motifs is 2. The number of hydrogen-bond donors (Lipinski definition) is 1. The van der Waals surface area contributed by atoms with Gasteiger partial charge in [-0.25, -0.2) is 9.07 Å². The van der Waals surface area contributed by atoms with Crippen molar-refractivity contribution in [2.24, 2.45) is 0 Å². The Hall–Kier alpha value is -3.69. The number of nitrogens with one attached hydrogen (secondary N) is 1. The lowest BCUT2D eigenvalue weighted by Gasteiger charge is -2.16. The van der Waals surface area contributed by atoms with Crippen molar-refractivity contribution >= 4 is 34.7 Å². The SMILES string of the molecule is CC(COc1ccc2c(cnn2-c2ccc(F)cc2)c1)NSCCN1C(=O)c2ccccc2C1=O. The van der Waals surface area contributed by atoms with Crippen LogP contribution in [0.3, 0.4) is 0 Å². The Morgan fingerprint density at radius 1 is 1.03 bits per heavy atom. The van der Waals surface area contributed by atoms with Crippen molar-refractivity contribution in [1.29, 1.82) is 0 Å². The topological polar surface area (TPSA) is 76.5 Å². The van der Waals surface area contributed by atoms with E-state index >= 15 is 0 Å². The first-order valence-corrected chi connectivity index (χ1v) is 12.2. The summed E-state index contributed by atoms with van der Waals surface area (Å²) in [5, 5.41) is 5.33. The molecule has 1 aliphatic rings. The lowest BCUT2D eigenvalue weighted by Crippen LogP contribution is -2.33. The molecule has 0 saturated heterocycles. The number of amides is 2. The number of carbonyl (C=O) groups excluding carboxylic acids is 2. The fraction of sp³-hybridized carbons (Fsp3) is 0.192. The molecule has 0 spiro atoms. The van der Waals surface area contributed by atoms with Crippen molar-refractivity contribution in [3.05, 3.63) is 89.9 Å². The zero-order chi connectivity index (χ0) is 24.4. The molecule has 0 fully saturated rings. The minimum absolute atomic E-state index is 0.0415. The molecule has 0 saturated carbocycles. The van der Waals surface area contributed by atoms with Gasteiger partial charge in [-0.2, -0.15) is 5.10 Å². The average Bonchev–Trinajstić information content (AvgIpc) is 3.40. The summed E-state index contributed by atoms with van der Waals surface area (Å²) in [5.41, 5.74) is 2.62. The third kappa shape index (κ3) is 4.78. The van der Waals surface area contributed by atoms with Gasteiger partial charge < -0.3 is 4.74 Å². The summed E-state index contributed by atoms with van der Waals surface area (Å²) in [6.07, 6.45) is 1.75. The van der Waals surface area contributed by atoms with Crippen LogP contribution in [0, 0.1) is 5.82 Å². The van der Waals surface area contributed by atoms with Gasteiger partial charge in [0.1, 0.15) is 18.2 Å². The van der Waals surface area contributed by atoms with E-state index in [4.69, 9.17) is 4.74 Å². The molecule has 1 aromatic heterocycles. The van der Waals surface area contributed by atoms with Crippen LogP contribution in [0.4, 0.5) is 4.39 Å². The van der Waals surface area contributed by atoms with E-state index in [9.17, 15) is 14.0 Å². The normalized spacial score (nSPS) is 13.9. The molecular formula is C26H23FN4O3S. The lowest BCUT2D eigenvalue weighted by molar-refractivity contribution is 0.0664. The highest BCUT2D eigenvalue weighted by Crippen LogP contribution is 2.24. The van der Waals surface area contributed by atoms with Crippen molar-refractivity contribution in [2.45, 2.75) is 13.0 Å².